The van der Waals surface area contributed by atoms with Gasteiger partial charge in [0.15, 0.2) is 6.10 Å². The molecule has 0 spiro atoms. The molecule has 0 aliphatic carbocycles. The molecule has 0 amide bonds. The summed E-state index contributed by atoms with van der Waals surface area (Å²) in [6, 6.07) is 0. The van der Waals surface area contributed by atoms with Crippen molar-refractivity contribution in [3.63, 3.8) is 0 Å². The quantitative estimate of drug-likeness (QED) is 0.485. The van der Waals surface area contributed by atoms with Gasteiger partial charge in [0.2, 0.25) is 0 Å². The summed E-state index contributed by atoms with van der Waals surface area (Å²) in [5, 5.41) is 8.09. The van der Waals surface area contributed by atoms with Gasteiger partial charge in [-0.1, -0.05) is 0 Å². The molecule has 6 heteroatoms. The molecule has 5 nitrogen and oxygen atoms in total. The molecule has 54 valence electrons. The van der Waals surface area contributed by atoms with Crippen molar-refractivity contribution in [2.75, 3.05) is 0 Å². The highest BCUT2D eigenvalue weighted by atomic mass is 31.2. The molecule has 0 saturated carbocycles. The van der Waals surface area contributed by atoms with Crippen molar-refractivity contribution >= 4 is 14.6 Å². The lowest BCUT2D eigenvalue weighted by Crippen LogP contribution is -2.17. The molecule has 9 heavy (non-hydrogen) atoms. The van der Waals surface area contributed by atoms with Gasteiger partial charge in [0, 0.05) is 0 Å². The minimum absolute atomic E-state index is 1.16. The van der Waals surface area contributed by atoms with Crippen molar-refractivity contribution in [2.45, 2.75) is 13.0 Å². The number of hydrogen-bond donors (Lipinski definition) is 3. The first-order valence-electron chi connectivity index (χ1n) is 2.11. The fourth-order valence-corrected chi connectivity index (χ4v) is 0.560. The Balaban J connectivity index is 3.50. The first kappa shape index (κ1) is 8.78. The summed E-state index contributed by atoms with van der Waals surface area (Å²) >= 11 is 0. The molecule has 0 heterocycles. The van der Waals surface area contributed by atoms with Crippen molar-refractivity contribution in [1.29, 1.82) is 0 Å². The zero-order valence-electron chi connectivity index (χ0n) is 4.68. The van der Waals surface area contributed by atoms with Crippen LogP contribution in [0.1, 0.15) is 6.92 Å². The summed E-state index contributed by atoms with van der Waals surface area (Å²) in [5.41, 5.74) is 0. The molecule has 1 unspecified atom stereocenters. The highest BCUT2D eigenvalue weighted by Gasteiger charge is 2.14. The van der Waals surface area contributed by atoms with Gasteiger partial charge in [0.05, 0.1) is 0 Å². The van der Waals surface area contributed by atoms with Crippen molar-refractivity contribution in [1.82, 2.24) is 0 Å². The van der Waals surface area contributed by atoms with Crippen LogP contribution >= 0.6 is 8.60 Å². The molecular formula is C3H7O5P. The van der Waals surface area contributed by atoms with E-state index in [1.54, 1.807) is 0 Å². The highest BCUT2D eigenvalue weighted by molar-refractivity contribution is 7.39. The zero-order valence-corrected chi connectivity index (χ0v) is 5.58. The van der Waals surface area contributed by atoms with Crippen LogP contribution in [0.5, 0.6) is 0 Å². The molecular weight excluding hydrogens is 147 g/mol. The number of hydrogen-bond acceptors (Lipinski definition) is 4. The van der Waals surface area contributed by atoms with Gasteiger partial charge >= 0.3 is 14.6 Å². The standard InChI is InChI=1S/C3H7O5P/c1-2(3(4)5)8-9(6)7/h2,6-7H,1H3,(H,4,5). The van der Waals surface area contributed by atoms with E-state index in [0.29, 0.717) is 0 Å². The molecule has 0 aromatic heterocycles. The third-order valence-electron chi connectivity index (χ3n) is 0.600. The summed E-state index contributed by atoms with van der Waals surface area (Å²) in [7, 11) is -2.55. The van der Waals surface area contributed by atoms with Gasteiger partial charge < -0.3 is 14.9 Å². The van der Waals surface area contributed by atoms with E-state index < -0.39 is 20.7 Å². The molecule has 0 aromatic rings. The van der Waals surface area contributed by atoms with Crippen molar-refractivity contribution in [3.05, 3.63) is 0 Å². The van der Waals surface area contributed by atoms with Crippen LogP contribution in [0.2, 0.25) is 0 Å². The summed E-state index contributed by atoms with van der Waals surface area (Å²) in [4.78, 5) is 26.1. The molecule has 0 bridgehead atoms. The maximum absolute atomic E-state index is 9.90. The van der Waals surface area contributed by atoms with Gasteiger partial charge in [-0.05, 0) is 6.92 Å². The molecule has 0 aromatic carbocycles. The summed E-state index contributed by atoms with van der Waals surface area (Å²) < 4.78 is 4.09. The van der Waals surface area contributed by atoms with Gasteiger partial charge in [0.1, 0.15) is 0 Å². The Morgan fingerprint density at radius 3 is 2.22 bits per heavy atom. The fraction of sp³-hybridized carbons (Fsp3) is 0.667. The van der Waals surface area contributed by atoms with Crippen molar-refractivity contribution in [3.8, 4) is 0 Å². The topological polar surface area (TPSA) is 87.0 Å². The largest absolute Gasteiger partial charge is 0.479 e. The third-order valence-corrected chi connectivity index (χ3v) is 1.10. The van der Waals surface area contributed by atoms with Crippen LogP contribution in [0.25, 0.3) is 0 Å². The number of carbonyl (C=O) groups is 1. The Hall–Kier alpha value is -0.220. The van der Waals surface area contributed by atoms with E-state index in [4.69, 9.17) is 14.9 Å². The van der Waals surface area contributed by atoms with Crippen LogP contribution in [0.3, 0.4) is 0 Å². The molecule has 3 N–H and O–H groups in total. The maximum atomic E-state index is 9.90. The van der Waals surface area contributed by atoms with E-state index >= 15 is 0 Å². The van der Waals surface area contributed by atoms with Crippen LogP contribution < -0.4 is 0 Å². The lowest BCUT2D eigenvalue weighted by molar-refractivity contribution is -0.144. The molecule has 0 radical (unpaired) electrons. The van der Waals surface area contributed by atoms with Crippen LogP contribution in [0, 0.1) is 0 Å². The monoisotopic (exact) mass is 154 g/mol. The summed E-state index contributed by atoms with van der Waals surface area (Å²) in [6.07, 6.45) is -1.16. The molecule has 0 fully saturated rings. The maximum Gasteiger partial charge on any atom is 0.333 e. The third kappa shape index (κ3) is 4.29. The SMILES string of the molecule is CC(OP(O)O)C(=O)O. The average Bonchev–Trinajstić information content (AvgIpc) is 1.63. The van der Waals surface area contributed by atoms with Crippen LogP contribution in [0.15, 0.2) is 0 Å². The highest BCUT2D eigenvalue weighted by Crippen LogP contribution is 2.26. The minimum Gasteiger partial charge on any atom is -0.479 e. The summed E-state index contributed by atoms with van der Waals surface area (Å²) in [6.45, 7) is 1.21. The second-order valence-corrected chi connectivity index (χ2v) is 2.05. The van der Waals surface area contributed by atoms with Crippen molar-refractivity contribution in [2.24, 2.45) is 0 Å². The Kier molecular flexibility index (Phi) is 3.65. The molecule has 0 aliphatic heterocycles. The van der Waals surface area contributed by atoms with Crippen molar-refractivity contribution < 1.29 is 24.2 Å². The van der Waals surface area contributed by atoms with Crippen LogP contribution in [0.4, 0.5) is 0 Å². The smallest absolute Gasteiger partial charge is 0.333 e. The lowest BCUT2D eigenvalue weighted by atomic mass is 10.4. The van der Waals surface area contributed by atoms with Gasteiger partial charge in [-0.25, -0.2) is 4.79 Å². The molecule has 0 saturated heterocycles. The Morgan fingerprint density at radius 2 is 2.11 bits per heavy atom. The number of rotatable bonds is 3. The Morgan fingerprint density at radius 1 is 1.67 bits per heavy atom. The predicted octanol–water partition coefficient (Wildman–Crippen LogP) is -0.312. The predicted molar refractivity (Wildman–Crippen MR) is 29.5 cm³/mol. The van der Waals surface area contributed by atoms with Gasteiger partial charge in [-0.15, -0.1) is 0 Å². The fourth-order valence-electron chi connectivity index (χ4n) is 0.187. The second kappa shape index (κ2) is 3.74. The first-order chi connectivity index (χ1) is 4.04. The van der Waals surface area contributed by atoms with E-state index in [2.05, 4.69) is 4.52 Å². The lowest BCUT2D eigenvalue weighted by Gasteiger charge is -2.06. The molecule has 0 aliphatic rings. The normalized spacial score (nSPS) is 13.8. The van der Waals surface area contributed by atoms with Crippen LogP contribution in [-0.2, 0) is 9.32 Å². The number of aliphatic carboxylic acids is 1. The number of carboxylic acids is 1. The van der Waals surface area contributed by atoms with Crippen LogP contribution in [-0.4, -0.2) is 27.0 Å². The summed E-state index contributed by atoms with van der Waals surface area (Å²) in [5.74, 6) is -1.22. The van der Waals surface area contributed by atoms with Gasteiger partial charge in [-0.2, -0.15) is 0 Å². The number of carboxylic acid groups (broad SMARTS) is 1. The van der Waals surface area contributed by atoms with E-state index in [0.717, 1.165) is 0 Å². The van der Waals surface area contributed by atoms with Gasteiger partial charge in [-0.3, -0.25) is 4.52 Å². The average molecular weight is 154 g/mol. The minimum atomic E-state index is -2.55. The Labute approximate surface area is 52.9 Å². The zero-order chi connectivity index (χ0) is 7.44. The first-order valence-corrected chi connectivity index (χ1v) is 3.28. The van der Waals surface area contributed by atoms with E-state index in [9.17, 15) is 4.79 Å². The van der Waals surface area contributed by atoms with E-state index in [1.165, 1.54) is 6.92 Å². The van der Waals surface area contributed by atoms with E-state index in [-0.39, 0.29) is 0 Å². The van der Waals surface area contributed by atoms with Gasteiger partial charge in [0.25, 0.3) is 0 Å². The second-order valence-electron chi connectivity index (χ2n) is 1.34. The Bertz CT molecular complexity index is 102. The van der Waals surface area contributed by atoms with E-state index in [1.807, 2.05) is 0 Å². The molecule has 0 rings (SSSR count). The molecule has 1 atom stereocenters.